The minimum absolute atomic E-state index is 0.277. The standard InChI is InChI=1S/C23H24IN3O2/c1-5-17-8-6-7-9-21(17)27-15(2)12-19(16(27)3)14-25-26-23(28)18-10-11-20(24)22(13-18)29-4/h6-14H,5H2,1-4H3,(H,26,28)/b25-14-. The Balaban J connectivity index is 1.81. The molecule has 0 saturated carbocycles. The van der Waals surface area contributed by atoms with Gasteiger partial charge in [-0.25, -0.2) is 5.43 Å². The summed E-state index contributed by atoms with van der Waals surface area (Å²) in [6, 6.07) is 15.8. The molecule has 3 aromatic rings. The Morgan fingerprint density at radius 2 is 1.97 bits per heavy atom. The van der Waals surface area contributed by atoms with E-state index in [2.05, 4.69) is 88.8 Å². The predicted molar refractivity (Wildman–Crippen MR) is 125 cm³/mol. The average molecular weight is 501 g/mol. The van der Waals surface area contributed by atoms with Crippen LogP contribution in [-0.4, -0.2) is 23.8 Å². The second-order valence-electron chi connectivity index (χ2n) is 6.69. The molecule has 3 rings (SSSR count). The van der Waals surface area contributed by atoms with Gasteiger partial charge < -0.3 is 9.30 Å². The number of para-hydroxylation sites is 1. The van der Waals surface area contributed by atoms with E-state index in [1.807, 2.05) is 6.07 Å². The van der Waals surface area contributed by atoms with Gasteiger partial charge in [0.25, 0.3) is 5.91 Å². The fourth-order valence-electron chi connectivity index (χ4n) is 3.34. The summed E-state index contributed by atoms with van der Waals surface area (Å²) in [5, 5.41) is 4.17. The van der Waals surface area contributed by atoms with E-state index in [4.69, 9.17) is 4.74 Å². The second kappa shape index (κ2) is 9.26. The summed E-state index contributed by atoms with van der Waals surface area (Å²) in [6.07, 6.45) is 2.65. The van der Waals surface area contributed by atoms with Crippen LogP contribution in [0.15, 0.2) is 53.6 Å². The van der Waals surface area contributed by atoms with Gasteiger partial charge in [0.2, 0.25) is 0 Å². The summed E-state index contributed by atoms with van der Waals surface area (Å²) >= 11 is 2.17. The molecule has 0 aliphatic heterocycles. The van der Waals surface area contributed by atoms with Crippen LogP contribution in [0.3, 0.4) is 0 Å². The number of nitrogens with one attached hydrogen (secondary N) is 1. The van der Waals surface area contributed by atoms with Crippen LogP contribution in [0.5, 0.6) is 5.75 Å². The summed E-state index contributed by atoms with van der Waals surface area (Å²) in [5.74, 6) is 0.390. The van der Waals surface area contributed by atoms with Crippen molar-refractivity contribution in [3.05, 3.63) is 80.2 Å². The first-order valence-electron chi connectivity index (χ1n) is 9.40. The van der Waals surface area contributed by atoms with E-state index in [0.29, 0.717) is 11.3 Å². The maximum absolute atomic E-state index is 12.4. The smallest absolute Gasteiger partial charge is 0.271 e. The average Bonchev–Trinajstić information content (AvgIpc) is 3.01. The van der Waals surface area contributed by atoms with Crippen molar-refractivity contribution in [1.29, 1.82) is 0 Å². The first kappa shape index (κ1) is 21.1. The van der Waals surface area contributed by atoms with E-state index in [1.54, 1.807) is 25.5 Å². The Morgan fingerprint density at radius 1 is 1.21 bits per heavy atom. The SMILES string of the molecule is CCc1ccccc1-n1c(C)cc(/C=N\NC(=O)c2ccc(I)c(OC)c2)c1C. The van der Waals surface area contributed by atoms with Crippen LogP contribution in [0.4, 0.5) is 0 Å². The number of ether oxygens (including phenoxy) is 1. The van der Waals surface area contributed by atoms with Gasteiger partial charge in [0, 0.05) is 28.2 Å². The van der Waals surface area contributed by atoms with Crippen molar-refractivity contribution in [3.63, 3.8) is 0 Å². The summed E-state index contributed by atoms with van der Waals surface area (Å²) in [6.45, 7) is 6.30. The minimum Gasteiger partial charge on any atom is -0.496 e. The third-order valence-electron chi connectivity index (χ3n) is 4.87. The highest BCUT2D eigenvalue weighted by molar-refractivity contribution is 14.1. The van der Waals surface area contributed by atoms with Gasteiger partial charge in [-0.3, -0.25) is 4.79 Å². The molecule has 6 heteroatoms. The third kappa shape index (κ3) is 4.53. The van der Waals surface area contributed by atoms with Gasteiger partial charge in [-0.15, -0.1) is 0 Å². The summed E-state index contributed by atoms with van der Waals surface area (Å²) < 4.78 is 8.45. The Labute approximate surface area is 184 Å². The Hall–Kier alpha value is -2.61. The lowest BCUT2D eigenvalue weighted by Crippen LogP contribution is -2.17. The zero-order chi connectivity index (χ0) is 21.0. The molecule has 1 aromatic heterocycles. The molecule has 1 heterocycles. The molecule has 0 radical (unpaired) electrons. The lowest BCUT2D eigenvalue weighted by molar-refractivity contribution is 0.0954. The fourth-order valence-corrected chi connectivity index (χ4v) is 3.90. The Bertz CT molecular complexity index is 1070. The number of hydrogen-bond donors (Lipinski definition) is 1. The molecular weight excluding hydrogens is 477 g/mol. The maximum atomic E-state index is 12.4. The molecule has 1 amide bonds. The molecule has 29 heavy (non-hydrogen) atoms. The molecule has 0 bridgehead atoms. The van der Waals surface area contributed by atoms with Crippen molar-refractivity contribution in [2.24, 2.45) is 5.10 Å². The van der Waals surface area contributed by atoms with Crippen LogP contribution in [0.1, 0.15) is 39.8 Å². The van der Waals surface area contributed by atoms with Gasteiger partial charge in [-0.1, -0.05) is 25.1 Å². The van der Waals surface area contributed by atoms with Gasteiger partial charge >= 0.3 is 0 Å². The largest absolute Gasteiger partial charge is 0.496 e. The first-order valence-corrected chi connectivity index (χ1v) is 10.5. The second-order valence-corrected chi connectivity index (χ2v) is 7.85. The molecule has 0 aliphatic carbocycles. The van der Waals surface area contributed by atoms with E-state index < -0.39 is 0 Å². The van der Waals surface area contributed by atoms with Gasteiger partial charge in [0.1, 0.15) is 5.75 Å². The number of carbonyl (C=O) groups excluding carboxylic acids is 1. The van der Waals surface area contributed by atoms with Gasteiger partial charge in [0.05, 0.1) is 16.9 Å². The Morgan fingerprint density at radius 3 is 2.69 bits per heavy atom. The number of amides is 1. The predicted octanol–water partition coefficient (Wildman–Crippen LogP) is 5.03. The van der Waals surface area contributed by atoms with Crippen LogP contribution in [0.25, 0.3) is 5.69 Å². The normalized spacial score (nSPS) is 11.1. The van der Waals surface area contributed by atoms with Crippen molar-refractivity contribution in [3.8, 4) is 11.4 Å². The van der Waals surface area contributed by atoms with Gasteiger partial charge in [-0.05, 0) is 78.8 Å². The number of nitrogens with zero attached hydrogens (tertiary/aromatic N) is 2. The van der Waals surface area contributed by atoms with E-state index >= 15 is 0 Å². The van der Waals surface area contributed by atoms with E-state index in [9.17, 15) is 4.79 Å². The highest BCUT2D eigenvalue weighted by Crippen LogP contribution is 2.23. The molecule has 0 fully saturated rings. The summed E-state index contributed by atoms with van der Waals surface area (Å²) in [7, 11) is 1.59. The van der Waals surface area contributed by atoms with Crippen molar-refractivity contribution in [2.75, 3.05) is 7.11 Å². The zero-order valence-corrected chi connectivity index (χ0v) is 19.1. The number of methoxy groups -OCH3 is 1. The van der Waals surface area contributed by atoms with Crippen molar-refractivity contribution >= 4 is 34.7 Å². The van der Waals surface area contributed by atoms with Crippen LogP contribution >= 0.6 is 22.6 Å². The van der Waals surface area contributed by atoms with Crippen molar-refractivity contribution < 1.29 is 9.53 Å². The quantitative estimate of drug-likeness (QED) is 0.293. The summed E-state index contributed by atoms with van der Waals surface area (Å²) in [5.41, 5.74) is 8.74. The number of aromatic nitrogens is 1. The van der Waals surface area contributed by atoms with E-state index in [0.717, 1.165) is 26.9 Å². The van der Waals surface area contributed by atoms with Crippen LogP contribution in [-0.2, 0) is 6.42 Å². The first-order chi connectivity index (χ1) is 14.0. The van der Waals surface area contributed by atoms with Crippen molar-refractivity contribution in [2.45, 2.75) is 27.2 Å². The molecule has 0 spiro atoms. The van der Waals surface area contributed by atoms with E-state index in [-0.39, 0.29) is 5.91 Å². The molecule has 0 atom stereocenters. The molecule has 150 valence electrons. The number of benzene rings is 2. The minimum atomic E-state index is -0.277. The zero-order valence-electron chi connectivity index (χ0n) is 17.0. The molecule has 1 N–H and O–H groups in total. The number of aryl methyl sites for hydroxylation is 2. The molecular formula is C23H24IN3O2. The highest BCUT2D eigenvalue weighted by Gasteiger charge is 2.12. The highest BCUT2D eigenvalue weighted by atomic mass is 127. The number of hydrazone groups is 1. The van der Waals surface area contributed by atoms with Gasteiger partial charge in [0.15, 0.2) is 0 Å². The number of hydrogen-bond acceptors (Lipinski definition) is 3. The summed E-state index contributed by atoms with van der Waals surface area (Å²) in [4.78, 5) is 12.4. The van der Waals surface area contributed by atoms with Crippen LogP contribution in [0, 0.1) is 17.4 Å². The number of carbonyl (C=O) groups is 1. The Kier molecular flexibility index (Phi) is 6.74. The van der Waals surface area contributed by atoms with Crippen LogP contribution in [0.2, 0.25) is 0 Å². The fraction of sp³-hybridized carbons (Fsp3) is 0.217. The van der Waals surface area contributed by atoms with Gasteiger partial charge in [-0.2, -0.15) is 5.10 Å². The molecule has 2 aromatic carbocycles. The van der Waals surface area contributed by atoms with Crippen molar-refractivity contribution in [1.82, 2.24) is 9.99 Å². The molecule has 0 unspecified atom stereocenters. The lowest BCUT2D eigenvalue weighted by atomic mass is 10.1. The topological polar surface area (TPSA) is 55.6 Å². The third-order valence-corrected chi connectivity index (χ3v) is 5.76. The lowest BCUT2D eigenvalue weighted by Gasteiger charge is -2.13. The maximum Gasteiger partial charge on any atom is 0.271 e. The molecule has 0 saturated heterocycles. The molecule has 5 nitrogen and oxygen atoms in total. The van der Waals surface area contributed by atoms with E-state index in [1.165, 1.54) is 11.3 Å². The molecule has 0 aliphatic rings. The number of halogens is 1. The van der Waals surface area contributed by atoms with Crippen LogP contribution < -0.4 is 10.2 Å². The monoisotopic (exact) mass is 501 g/mol. The number of rotatable bonds is 6.